The van der Waals surface area contributed by atoms with Crippen LogP contribution >= 0.6 is 0 Å². The standard InChI is InChI=1S/C44H63N3O4/c1-25(2)38-34(50)22-44(18-19-46-40(51)27-8-11-37(45)47-23-27)17-13-32-30(39(38)44)9-10-36-42(32,6)16-14-35-41(4,5)29(12-15-43(35,36)7)21-33(49)31-20-28(24-48)26(31)3/h8,11,23-26,28-32,35-36H,9-10,12-22H2,1-7H3,(H2,45,47)(H,46,51). The molecule has 1 aromatic heterocycles. The molecule has 5 fully saturated rings. The summed E-state index contributed by atoms with van der Waals surface area (Å²) in [6.07, 6.45) is 14.7. The number of nitrogens with zero attached hydrogens (tertiary/aromatic N) is 1. The molecule has 0 bridgehead atoms. The van der Waals surface area contributed by atoms with Crippen molar-refractivity contribution in [2.45, 2.75) is 126 Å². The molecule has 0 saturated heterocycles. The van der Waals surface area contributed by atoms with Crippen LogP contribution in [0.2, 0.25) is 0 Å². The SMILES string of the molecule is CC(C)C1=C2C3CCC4C(C)(CCC5C(C)(C)C(CC(=O)C6CC(C=O)C6C)CCC54C)C3CCC2(CCNC(=O)c2ccc(N)nc2)CC1=O. The van der Waals surface area contributed by atoms with Crippen molar-refractivity contribution in [1.82, 2.24) is 10.3 Å². The minimum Gasteiger partial charge on any atom is -0.384 e. The van der Waals surface area contributed by atoms with Gasteiger partial charge in [0.05, 0.1) is 5.56 Å². The maximum absolute atomic E-state index is 13.9. The molecule has 1 heterocycles. The second kappa shape index (κ2) is 12.9. The van der Waals surface area contributed by atoms with Gasteiger partial charge in [0, 0.05) is 42.8 Å². The topological polar surface area (TPSA) is 119 Å². The summed E-state index contributed by atoms with van der Waals surface area (Å²) in [6, 6.07) is 3.37. The summed E-state index contributed by atoms with van der Waals surface area (Å²) in [4.78, 5) is 55.9. The fourth-order valence-electron chi connectivity index (χ4n) is 14.1. The number of carbonyl (C=O) groups excluding carboxylic acids is 4. The number of anilines is 1. The van der Waals surface area contributed by atoms with Crippen LogP contribution in [0.3, 0.4) is 0 Å². The van der Waals surface area contributed by atoms with Crippen molar-refractivity contribution in [3.8, 4) is 0 Å². The molecule has 278 valence electrons. The molecule has 5 saturated carbocycles. The lowest BCUT2D eigenvalue weighted by molar-refractivity contribution is -0.193. The highest BCUT2D eigenvalue weighted by molar-refractivity contribution is 6.00. The summed E-state index contributed by atoms with van der Waals surface area (Å²) >= 11 is 0. The van der Waals surface area contributed by atoms with Crippen molar-refractivity contribution in [2.24, 2.45) is 74.9 Å². The molecular weight excluding hydrogens is 635 g/mol. The van der Waals surface area contributed by atoms with Gasteiger partial charge in [-0.25, -0.2) is 4.98 Å². The number of hydrogen-bond donors (Lipinski definition) is 2. The zero-order chi connectivity index (χ0) is 36.7. The van der Waals surface area contributed by atoms with E-state index in [4.69, 9.17) is 5.73 Å². The zero-order valence-corrected chi connectivity index (χ0v) is 32.4. The maximum atomic E-state index is 13.9. The van der Waals surface area contributed by atoms with Crippen LogP contribution in [0, 0.1) is 74.9 Å². The molecule has 6 aliphatic rings. The van der Waals surface area contributed by atoms with Gasteiger partial charge in [-0.2, -0.15) is 0 Å². The van der Waals surface area contributed by atoms with Crippen molar-refractivity contribution >= 4 is 29.6 Å². The van der Waals surface area contributed by atoms with Crippen LogP contribution in [0.5, 0.6) is 0 Å². The van der Waals surface area contributed by atoms with Gasteiger partial charge in [0.1, 0.15) is 17.9 Å². The molecule has 1 amide bonds. The third-order valence-corrected chi connectivity index (χ3v) is 16.8. The van der Waals surface area contributed by atoms with Gasteiger partial charge >= 0.3 is 0 Å². The molecular formula is C44H63N3O4. The zero-order valence-electron chi connectivity index (χ0n) is 32.4. The molecule has 0 aromatic carbocycles. The number of aldehydes is 1. The van der Waals surface area contributed by atoms with E-state index in [2.05, 4.69) is 58.8 Å². The van der Waals surface area contributed by atoms with Crippen LogP contribution in [-0.4, -0.2) is 35.3 Å². The van der Waals surface area contributed by atoms with E-state index in [9.17, 15) is 19.2 Å². The van der Waals surface area contributed by atoms with Crippen molar-refractivity contribution in [3.05, 3.63) is 35.0 Å². The fourth-order valence-corrected chi connectivity index (χ4v) is 14.1. The van der Waals surface area contributed by atoms with Crippen molar-refractivity contribution in [3.63, 3.8) is 0 Å². The molecule has 1 aromatic rings. The summed E-state index contributed by atoms with van der Waals surface area (Å²) in [5.41, 5.74) is 9.21. The Morgan fingerprint density at radius 2 is 1.75 bits per heavy atom. The van der Waals surface area contributed by atoms with Crippen LogP contribution in [0.4, 0.5) is 5.82 Å². The number of nitrogens with one attached hydrogen (secondary N) is 1. The number of fused-ring (bicyclic) bond motifs is 7. The van der Waals surface area contributed by atoms with Crippen LogP contribution in [0.15, 0.2) is 29.5 Å². The summed E-state index contributed by atoms with van der Waals surface area (Å²) in [6.45, 7) is 17.2. The van der Waals surface area contributed by atoms with E-state index >= 15 is 0 Å². The number of nitrogens with two attached hydrogens (primary N) is 1. The summed E-state index contributed by atoms with van der Waals surface area (Å²) < 4.78 is 0. The predicted octanol–water partition coefficient (Wildman–Crippen LogP) is 8.42. The number of carbonyl (C=O) groups is 4. The third kappa shape index (κ3) is 5.68. The number of rotatable bonds is 9. The van der Waals surface area contributed by atoms with Crippen molar-refractivity contribution in [2.75, 3.05) is 12.3 Å². The number of pyridine rings is 1. The highest BCUT2D eigenvalue weighted by atomic mass is 16.2. The highest BCUT2D eigenvalue weighted by Gasteiger charge is 2.66. The van der Waals surface area contributed by atoms with Gasteiger partial charge in [-0.05, 0) is 140 Å². The van der Waals surface area contributed by atoms with Crippen LogP contribution in [-0.2, 0) is 14.4 Å². The molecule has 7 nitrogen and oxygen atoms in total. The molecule has 11 atom stereocenters. The Balaban J connectivity index is 1.10. The molecule has 0 radical (unpaired) electrons. The Kier molecular flexibility index (Phi) is 9.26. The van der Waals surface area contributed by atoms with Gasteiger partial charge in [-0.15, -0.1) is 0 Å². The van der Waals surface area contributed by atoms with Gasteiger partial charge in [-0.1, -0.05) is 54.0 Å². The summed E-state index contributed by atoms with van der Waals surface area (Å²) in [5, 5.41) is 3.15. The molecule has 0 aliphatic heterocycles. The first-order chi connectivity index (χ1) is 24.1. The Hall–Kier alpha value is -2.83. The van der Waals surface area contributed by atoms with Crippen molar-refractivity contribution < 1.29 is 19.2 Å². The Morgan fingerprint density at radius 1 is 1.00 bits per heavy atom. The average Bonchev–Trinajstić information content (AvgIpc) is 3.38. The van der Waals surface area contributed by atoms with Crippen LogP contribution in [0.25, 0.3) is 0 Å². The lowest BCUT2D eigenvalue weighted by Crippen LogP contribution is -2.62. The van der Waals surface area contributed by atoms with Gasteiger partial charge < -0.3 is 15.8 Å². The Bertz CT molecular complexity index is 1610. The lowest BCUT2D eigenvalue weighted by atomic mass is 9.35. The largest absolute Gasteiger partial charge is 0.384 e. The van der Waals surface area contributed by atoms with E-state index in [0.717, 1.165) is 50.4 Å². The summed E-state index contributed by atoms with van der Waals surface area (Å²) in [7, 11) is 0. The number of amides is 1. The first-order valence-corrected chi connectivity index (χ1v) is 20.3. The monoisotopic (exact) mass is 697 g/mol. The normalized spacial score (nSPS) is 41.1. The molecule has 3 N–H and O–H groups in total. The number of hydrogen-bond acceptors (Lipinski definition) is 6. The van der Waals surface area contributed by atoms with Gasteiger partial charge in [0.15, 0.2) is 5.78 Å². The first-order valence-electron chi connectivity index (χ1n) is 20.3. The molecule has 51 heavy (non-hydrogen) atoms. The molecule has 6 aliphatic carbocycles. The minimum absolute atomic E-state index is 0.0615. The van der Waals surface area contributed by atoms with E-state index in [1.807, 2.05) is 0 Å². The highest BCUT2D eigenvalue weighted by Crippen LogP contribution is 2.74. The Morgan fingerprint density at radius 3 is 2.41 bits per heavy atom. The molecule has 0 spiro atoms. The average molecular weight is 698 g/mol. The minimum atomic E-state index is -0.162. The lowest BCUT2D eigenvalue weighted by Gasteiger charge is -2.69. The van der Waals surface area contributed by atoms with Gasteiger partial charge in [-0.3, -0.25) is 14.4 Å². The molecule has 7 heteroatoms. The van der Waals surface area contributed by atoms with E-state index in [0.29, 0.717) is 71.9 Å². The number of ketones is 2. The summed E-state index contributed by atoms with van der Waals surface area (Å²) in [5.74, 6) is 4.15. The number of allylic oxidation sites excluding steroid dienone is 2. The molecule has 7 rings (SSSR count). The fraction of sp³-hybridized carbons (Fsp3) is 0.750. The van der Waals surface area contributed by atoms with Crippen molar-refractivity contribution in [1.29, 1.82) is 0 Å². The van der Waals surface area contributed by atoms with E-state index in [1.165, 1.54) is 37.5 Å². The number of Topliss-reactive ketones (excluding diaryl/α,β-unsaturated/α-hetero) is 2. The first kappa shape index (κ1) is 36.5. The second-order valence-electron chi connectivity index (χ2n) is 19.6. The number of nitrogen functional groups attached to an aromatic ring is 1. The quantitative estimate of drug-likeness (QED) is 0.250. The van der Waals surface area contributed by atoms with Gasteiger partial charge in [0.25, 0.3) is 5.91 Å². The smallest absolute Gasteiger partial charge is 0.252 e. The maximum Gasteiger partial charge on any atom is 0.252 e. The Labute approximate surface area is 306 Å². The van der Waals surface area contributed by atoms with E-state index in [-0.39, 0.29) is 51.2 Å². The van der Waals surface area contributed by atoms with E-state index < -0.39 is 0 Å². The molecule has 11 unspecified atom stereocenters. The third-order valence-electron chi connectivity index (χ3n) is 16.8. The number of aromatic nitrogens is 1. The van der Waals surface area contributed by atoms with E-state index in [1.54, 1.807) is 12.1 Å². The second-order valence-corrected chi connectivity index (χ2v) is 19.6. The predicted molar refractivity (Wildman–Crippen MR) is 200 cm³/mol. The van der Waals surface area contributed by atoms with Crippen LogP contribution in [0.1, 0.15) is 136 Å². The van der Waals surface area contributed by atoms with Gasteiger partial charge in [0.2, 0.25) is 0 Å². The van der Waals surface area contributed by atoms with Crippen LogP contribution < -0.4 is 11.1 Å².